The number of rotatable bonds is 9. The second kappa shape index (κ2) is 9.58. The third-order valence-corrected chi connectivity index (χ3v) is 6.39. The summed E-state index contributed by atoms with van der Waals surface area (Å²) in [6.07, 6.45) is 0.811. The van der Waals surface area contributed by atoms with Crippen LogP contribution in [0.5, 0.6) is 0 Å². The zero-order valence-corrected chi connectivity index (χ0v) is 19.1. The Kier molecular flexibility index (Phi) is 6.74. The first-order valence-electron chi connectivity index (χ1n) is 10.3. The monoisotopic (exact) mass is 494 g/mol. The predicted molar refractivity (Wildman–Crippen MR) is 116 cm³/mol. The van der Waals surface area contributed by atoms with Crippen LogP contribution in [0.3, 0.4) is 0 Å². The Labute approximate surface area is 194 Å². The standard InChI is InChI=1S/C20H23FN6O6S/c1-11-5-13(26-32-11)9-27-4-3-12(8-27)18(28)14-7-23-10-24-20(14)25-15-6-16(19(29)17(15)21)33-34(30,31)22-2/h3-5,7-8,10,15-17,19,22,29H,6,9H2,1-2H3,(H,23,24,25)/t15-,16-,17-,19-/m1/s1. The molecule has 14 heteroatoms. The van der Waals surface area contributed by atoms with Gasteiger partial charge in [0.1, 0.15) is 42.0 Å². The summed E-state index contributed by atoms with van der Waals surface area (Å²) in [5, 5.41) is 16.8. The topological polar surface area (TPSA) is 161 Å². The van der Waals surface area contributed by atoms with Crippen LogP contribution >= 0.6 is 0 Å². The highest BCUT2D eigenvalue weighted by Crippen LogP contribution is 2.30. The number of ketones is 1. The van der Waals surface area contributed by atoms with E-state index in [-0.39, 0.29) is 17.8 Å². The molecule has 12 nitrogen and oxygen atoms in total. The molecule has 3 N–H and O–H groups in total. The molecule has 0 spiro atoms. The highest BCUT2D eigenvalue weighted by Gasteiger charge is 2.46. The second-order valence-corrected chi connectivity index (χ2v) is 9.34. The predicted octanol–water partition coefficient (Wildman–Crippen LogP) is 0.586. The van der Waals surface area contributed by atoms with E-state index < -0.39 is 40.5 Å². The third-order valence-electron chi connectivity index (χ3n) is 5.39. The van der Waals surface area contributed by atoms with Gasteiger partial charge in [-0.1, -0.05) is 5.16 Å². The third kappa shape index (κ3) is 5.14. The van der Waals surface area contributed by atoms with Gasteiger partial charge in [0.15, 0.2) is 5.78 Å². The Morgan fingerprint density at radius 2 is 2.24 bits per heavy atom. The van der Waals surface area contributed by atoms with Crippen LogP contribution in [0.25, 0.3) is 0 Å². The lowest BCUT2D eigenvalue weighted by molar-refractivity contribution is 0.0248. The molecule has 1 saturated carbocycles. The van der Waals surface area contributed by atoms with Crippen molar-refractivity contribution in [1.82, 2.24) is 24.4 Å². The number of halogens is 1. The van der Waals surface area contributed by atoms with Crippen molar-refractivity contribution in [3.8, 4) is 0 Å². The van der Waals surface area contributed by atoms with Crippen molar-refractivity contribution in [3.05, 3.63) is 59.6 Å². The lowest BCUT2D eigenvalue weighted by atomic mass is 10.1. The van der Waals surface area contributed by atoms with Crippen molar-refractivity contribution in [2.75, 3.05) is 12.4 Å². The van der Waals surface area contributed by atoms with Crippen LogP contribution < -0.4 is 10.0 Å². The van der Waals surface area contributed by atoms with Crippen LogP contribution in [0.4, 0.5) is 10.2 Å². The number of aliphatic hydroxyl groups excluding tert-OH is 1. The van der Waals surface area contributed by atoms with E-state index in [2.05, 4.69) is 20.4 Å². The van der Waals surface area contributed by atoms with Crippen molar-refractivity contribution < 1.29 is 31.4 Å². The molecular weight excluding hydrogens is 471 g/mol. The van der Waals surface area contributed by atoms with Crippen molar-refractivity contribution >= 4 is 21.9 Å². The van der Waals surface area contributed by atoms with Gasteiger partial charge in [-0.3, -0.25) is 8.98 Å². The van der Waals surface area contributed by atoms with Crippen LogP contribution in [0, 0.1) is 6.92 Å². The summed E-state index contributed by atoms with van der Waals surface area (Å²) >= 11 is 0. The Balaban J connectivity index is 1.49. The number of hydrogen-bond donors (Lipinski definition) is 3. The molecule has 4 rings (SSSR count). The smallest absolute Gasteiger partial charge is 0.335 e. The van der Waals surface area contributed by atoms with Crippen LogP contribution in [0.1, 0.15) is 33.8 Å². The van der Waals surface area contributed by atoms with E-state index in [0.717, 1.165) is 7.05 Å². The number of anilines is 1. The summed E-state index contributed by atoms with van der Waals surface area (Å²) in [4.78, 5) is 21.1. The van der Waals surface area contributed by atoms with Crippen molar-refractivity contribution in [2.24, 2.45) is 0 Å². The minimum atomic E-state index is -4.13. The Bertz CT molecular complexity index is 1280. The fourth-order valence-corrected chi connectivity index (χ4v) is 4.32. The second-order valence-electron chi connectivity index (χ2n) is 7.83. The highest BCUT2D eigenvalue weighted by atomic mass is 32.2. The quantitative estimate of drug-likeness (QED) is 0.359. The first-order chi connectivity index (χ1) is 16.2. The van der Waals surface area contributed by atoms with Gasteiger partial charge >= 0.3 is 10.3 Å². The van der Waals surface area contributed by atoms with E-state index in [1.807, 2.05) is 4.72 Å². The highest BCUT2D eigenvalue weighted by molar-refractivity contribution is 7.84. The maximum atomic E-state index is 14.7. The summed E-state index contributed by atoms with van der Waals surface area (Å²) < 4.78 is 51.5. The fourth-order valence-electron chi connectivity index (χ4n) is 3.70. The number of alkyl halides is 1. The molecule has 0 aromatic carbocycles. The summed E-state index contributed by atoms with van der Waals surface area (Å²) in [5.74, 6) is 0.324. The molecular formula is C20H23FN6O6S. The Morgan fingerprint density at radius 1 is 1.44 bits per heavy atom. The molecule has 182 valence electrons. The summed E-state index contributed by atoms with van der Waals surface area (Å²) in [5.41, 5.74) is 1.14. The summed E-state index contributed by atoms with van der Waals surface area (Å²) in [7, 11) is -2.99. The molecule has 0 aliphatic heterocycles. The number of nitrogens with one attached hydrogen (secondary N) is 2. The van der Waals surface area contributed by atoms with Gasteiger partial charge < -0.3 is 19.5 Å². The number of aliphatic hydroxyl groups is 1. The zero-order chi connectivity index (χ0) is 24.5. The molecule has 3 heterocycles. The molecule has 0 unspecified atom stereocenters. The van der Waals surface area contributed by atoms with E-state index >= 15 is 0 Å². The van der Waals surface area contributed by atoms with Gasteiger partial charge in [0, 0.05) is 43.7 Å². The minimum Gasteiger partial charge on any atom is -0.387 e. The first-order valence-corrected chi connectivity index (χ1v) is 11.7. The average molecular weight is 495 g/mol. The van der Waals surface area contributed by atoms with E-state index in [1.54, 1.807) is 36.0 Å². The van der Waals surface area contributed by atoms with Gasteiger partial charge in [-0.05, 0) is 13.0 Å². The molecule has 1 aliphatic carbocycles. The van der Waals surface area contributed by atoms with Crippen LogP contribution in [0.15, 0.2) is 41.6 Å². The number of aryl methyl sites for hydroxylation is 1. The molecule has 0 amide bonds. The molecule has 34 heavy (non-hydrogen) atoms. The summed E-state index contributed by atoms with van der Waals surface area (Å²) in [6, 6.07) is 2.36. The van der Waals surface area contributed by atoms with E-state index in [9.17, 15) is 22.7 Å². The molecule has 0 bridgehead atoms. The fraction of sp³-hybridized carbons (Fsp3) is 0.400. The average Bonchev–Trinajstić information content (AvgIpc) is 3.51. The van der Waals surface area contributed by atoms with E-state index in [4.69, 9.17) is 8.71 Å². The number of carbonyl (C=O) groups is 1. The maximum Gasteiger partial charge on any atom is 0.335 e. The van der Waals surface area contributed by atoms with Crippen molar-refractivity contribution in [3.63, 3.8) is 0 Å². The molecule has 0 radical (unpaired) electrons. The van der Waals surface area contributed by atoms with Gasteiger partial charge in [-0.15, -0.1) is 0 Å². The normalized spacial score (nSPS) is 22.7. The van der Waals surface area contributed by atoms with E-state index in [1.165, 1.54) is 12.5 Å². The van der Waals surface area contributed by atoms with Gasteiger partial charge in [-0.25, -0.2) is 14.4 Å². The van der Waals surface area contributed by atoms with Crippen LogP contribution in [0.2, 0.25) is 0 Å². The van der Waals surface area contributed by atoms with Gasteiger partial charge in [0.05, 0.1) is 18.2 Å². The number of carbonyl (C=O) groups excluding carboxylic acids is 1. The minimum absolute atomic E-state index is 0.0526. The number of aromatic nitrogens is 4. The zero-order valence-electron chi connectivity index (χ0n) is 18.3. The largest absolute Gasteiger partial charge is 0.387 e. The first kappa shape index (κ1) is 23.9. The van der Waals surface area contributed by atoms with Gasteiger partial charge in [0.25, 0.3) is 0 Å². The molecule has 3 aromatic rings. The van der Waals surface area contributed by atoms with Crippen molar-refractivity contribution in [1.29, 1.82) is 0 Å². The van der Waals surface area contributed by atoms with Crippen LogP contribution in [-0.2, 0) is 21.0 Å². The summed E-state index contributed by atoms with van der Waals surface area (Å²) in [6.45, 7) is 2.19. The Morgan fingerprint density at radius 3 is 2.94 bits per heavy atom. The van der Waals surface area contributed by atoms with Gasteiger partial charge in [-0.2, -0.15) is 13.1 Å². The molecule has 0 saturated heterocycles. The molecule has 1 fully saturated rings. The molecule has 3 aromatic heterocycles. The van der Waals surface area contributed by atoms with Crippen molar-refractivity contribution in [2.45, 2.75) is 44.3 Å². The number of hydrogen-bond acceptors (Lipinski definition) is 10. The molecule has 1 aliphatic rings. The van der Waals surface area contributed by atoms with Gasteiger partial charge in [0.2, 0.25) is 0 Å². The molecule has 4 atom stereocenters. The lowest BCUT2D eigenvalue weighted by Crippen LogP contribution is -2.35. The Hall–Kier alpha value is -3.20. The lowest BCUT2D eigenvalue weighted by Gasteiger charge is -2.17. The SMILES string of the molecule is CNS(=O)(=O)O[C@@H]1C[C@@H](Nc2ncncc2C(=O)c2ccn(Cc3cc(C)on3)c2)[C@@H](F)[C@@H]1O. The number of nitrogens with zero attached hydrogens (tertiary/aromatic N) is 4. The van der Waals surface area contributed by atoms with Crippen LogP contribution in [-0.4, -0.2) is 70.5 Å². The maximum absolute atomic E-state index is 14.7. The van der Waals surface area contributed by atoms with E-state index in [0.29, 0.717) is 23.6 Å².